The zero-order valence-electron chi connectivity index (χ0n) is 11.7. The number of aromatic amines is 1. The third-order valence-corrected chi connectivity index (χ3v) is 6.37. The minimum atomic E-state index is -0.459. The minimum absolute atomic E-state index is 0.0926. The summed E-state index contributed by atoms with van der Waals surface area (Å²) in [4.78, 5) is 15.4. The number of benzene rings is 1. The molecule has 110 valence electrons. The Morgan fingerprint density at radius 2 is 2.10 bits per heavy atom. The van der Waals surface area contributed by atoms with Crippen LogP contribution in [0.4, 0.5) is 0 Å². The van der Waals surface area contributed by atoms with Crippen molar-refractivity contribution in [1.29, 1.82) is 0 Å². The van der Waals surface area contributed by atoms with Crippen molar-refractivity contribution in [2.45, 2.75) is 23.5 Å². The van der Waals surface area contributed by atoms with Crippen LogP contribution in [0.25, 0.3) is 10.9 Å². The van der Waals surface area contributed by atoms with Crippen molar-refractivity contribution >= 4 is 54.9 Å². The van der Waals surface area contributed by atoms with Crippen LogP contribution in [0.5, 0.6) is 0 Å². The van der Waals surface area contributed by atoms with Crippen molar-refractivity contribution in [2.24, 2.45) is 10.5 Å². The Bertz CT molecular complexity index is 750. The number of alkyl halides is 2. The molecule has 1 aromatic heterocycles. The Kier molecular flexibility index (Phi) is 3.48. The molecule has 2 aromatic rings. The minimum Gasteiger partial charge on any atom is -0.358 e. The van der Waals surface area contributed by atoms with E-state index in [4.69, 9.17) is 0 Å². The van der Waals surface area contributed by atoms with Gasteiger partial charge in [0.1, 0.15) is 0 Å². The van der Waals surface area contributed by atoms with Gasteiger partial charge in [0.25, 0.3) is 0 Å². The standard InChI is InChI=1S/C15H15Br2N3O/c1-9-11(10-5-3-4-6-12(10)19-9)7-18-20-13(21)14(2)8-15(14,16)17/h3-7,19H,8H2,1-2H3,(H,20,21). The molecule has 1 aliphatic rings. The summed E-state index contributed by atoms with van der Waals surface area (Å²) < 4.78 is -0.302. The summed E-state index contributed by atoms with van der Waals surface area (Å²) in [6, 6.07) is 8.03. The van der Waals surface area contributed by atoms with E-state index in [9.17, 15) is 4.79 Å². The predicted octanol–water partition coefficient (Wildman–Crippen LogP) is 3.82. The highest BCUT2D eigenvalue weighted by Gasteiger charge is 2.66. The SMILES string of the molecule is Cc1[nH]c2ccccc2c1C=NNC(=O)C1(C)CC1(Br)Br. The largest absolute Gasteiger partial charge is 0.358 e. The summed E-state index contributed by atoms with van der Waals surface area (Å²) in [6.07, 6.45) is 2.44. The van der Waals surface area contributed by atoms with Crippen molar-refractivity contribution < 1.29 is 4.79 Å². The molecule has 0 aliphatic heterocycles. The zero-order valence-corrected chi connectivity index (χ0v) is 14.9. The monoisotopic (exact) mass is 411 g/mol. The molecule has 1 aliphatic carbocycles. The van der Waals surface area contributed by atoms with Crippen molar-refractivity contribution in [3.8, 4) is 0 Å². The normalized spacial score (nSPS) is 23.6. The fraction of sp³-hybridized carbons (Fsp3) is 0.333. The van der Waals surface area contributed by atoms with E-state index >= 15 is 0 Å². The Balaban J connectivity index is 1.77. The Morgan fingerprint density at radius 1 is 1.43 bits per heavy atom. The quantitative estimate of drug-likeness (QED) is 0.449. The van der Waals surface area contributed by atoms with E-state index in [-0.39, 0.29) is 9.14 Å². The molecule has 1 unspecified atom stereocenters. The predicted molar refractivity (Wildman–Crippen MR) is 92.1 cm³/mol. The number of para-hydroxylation sites is 1. The number of H-pyrrole nitrogens is 1. The molecule has 1 aromatic carbocycles. The van der Waals surface area contributed by atoms with Gasteiger partial charge in [0, 0.05) is 22.2 Å². The number of fused-ring (bicyclic) bond motifs is 1. The summed E-state index contributed by atoms with van der Waals surface area (Å²) >= 11 is 6.97. The molecule has 0 radical (unpaired) electrons. The van der Waals surface area contributed by atoms with Gasteiger partial charge in [-0.3, -0.25) is 4.79 Å². The van der Waals surface area contributed by atoms with Crippen molar-refractivity contribution in [3.63, 3.8) is 0 Å². The molecular weight excluding hydrogens is 398 g/mol. The lowest BCUT2D eigenvalue weighted by molar-refractivity contribution is -0.125. The number of carbonyl (C=O) groups is 1. The Morgan fingerprint density at radius 3 is 2.76 bits per heavy atom. The molecule has 3 rings (SSSR count). The van der Waals surface area contributed by atoms with Gasteiger partial charge in [-0.15, -0.1) is 0 Å². The van der Waals surface area contributed by atoms with Crippen LogP contribution < -0.4 is 5.43 Å². The number of aromatic nitrogens is 1. The van der Waals surface area contributed by atoms with Gasteiger partial charge in [-0.2, -0.15) is 5.10 Å². The van der Waals surface area contributed by atoms with Gasteiger partial charge in [0.15, 0.2) is 0 Å². The number of hydrazone groups is 1. The molecule has 6 heteroatoms. The lowest BCUT2D eigenvalue weighted by atomic mass is 10.1. The summed E-state index contributed by atoms with van der Waals surface area (Å²) in [5.74, 6) is -0.0926. The van der Waals surface area contributed by atoms with E-state index in [1.165, 1.54) is 0 Å². The molecule has 0 bridgehead atoms. The lowest BCUT2D eigenvalue weighted by Crippen LogP contribution is -2.29. The maximum atomic E-state index is 12.1. The third-order valence-electron chi connectivity index (χ3n) is 4.06. The average molecular weight is 413 g/mol. The summed E-state index contributed by atoms with van der Waals surface area (Å²) in [5, 5.41) is 5.21. The van der Waals surface area contributed by atoms with Gasteiger partial charge in [0.05, 0.1) is 14.9 Å². The van der Waals surface area contributed by atoms with Crippen LogP contribution in [0.2, 0.25) is 0 Å². The first-order valence-electron chi connectivity index (χ1n) is 6.64. The highest BCUT2D eigenvalue weighted by Crippen LogP contribution is 2.66. The van der Waals surface area contributed by atoms with E-state index in [2.05, 4.69) is 47.4 Å². The Labute approximate surface area is 139 Å². The van der Waals surface area contributed by atoms with Crippen LogP contribution in [0.15, 0.2) is 29.4 Å². The van der Waals surface area contributed by atoms with E-state index in [1.807, 2.05) is 38.1 Å². The second-order valence-electron chi connectivity index (χ2n) is 5.62. The molecule has 1 fully saturated rings. The van der Waals surface area contributed by atoms with Crippen LogP contribution in [-0.2, 0) is 4.79 Å². The third kappa shape index (κ3) is 2.44. The number of hydrogen-bond acceptors (Lipinski definition) is 2. The van der Waals surface area contributed by atoms with E-state index < -0.39 is 5.41 Å². The van der Waals surface area contributed by atoms with Gasteiger partial charge >= 0.3 is 0 Å². The van der Waals surface area contributed by atoms with Gasteiger partial charge in [-0.05, 0) is 26.3 Å². The molecule has 1 heterocycles. The maximum absolute atomic E-state index is 12.1. The molecule has 2 N–H and O–H groups in total. The highest BCUT2D eigenvalue weighted by atomic mass is 79.9. The first-order chi connectivity index (χ1) is 9.85. The molecule has 4 nitrogen and oxygen atoms in total. The van der Waals surface area contributed by atoms with Crippen LogP contribution >= 0.6 is 31.9 Å². The molecule has 1 atom stereocenters. The molecule has 21 heavy (non-hydrogen) atoms. The van der Waals surface area contributed by atoms with Crippen molar-refractivity contribution in [3.05, 3.63) is 35.5 Å². The van der Waals surface area contributed by atoms with E-state index in [0.717, 1.165) is 28.6 Å². The van der Waals surface area contributed by atoms with Crippen LogP contribution in [0.1, 0.15) is 24.6 Å². The van der Waals surface area contributed by atoms with Crippen LogP contribution in [-0.4, -0.2) is 20.3 Å². The fourth-order valence-corrected chi connectivity index (χ4v) is 3.87. The topological polar surface area (TPSA) is 57.2 Å². The second kappa shape index (κ2) is 4.95. The number of hydrogen-bond donors (Lipinski definition) is 2. The summed E-state index contributed by atoms with van der Waals surface area (Å²) in [5.41, 5.74) is 5.26. The number of halogens is 2. The second-order valence-corrected chi connectivity index (χ2v) is 9.39. The van der Waals surface area contributed by atoms with Crippen LogP contribution in [0.3, 0.4) is 0 Å². The number of carbonyl (C=O) groups excluding carboxylic acids is 1. The maximum Gasteiger partial charge on any atom is 0.248 e. The molecule has 1 amide bonds. The first kappa shape index (κ1) is 14.8. The molecule has 1 saturated carbocycles. The zero-order chi connectivity index (χ0) is 15.3. The van der Waals surface area contributed by atoms with Gasteiger partial charge in [-0.25, -0.2) is 5.43 Å². The number of amides is 1. The van der Waals surface area contributed by atoms with Gasteiger partial charge in [0.2, 0.25) is 5.91 Å². The fourth-order valence-electron chi connectivity index (χ4n) is 2.39. The summed E-state index contributed by atoms with van der Waals surface area (Å²) in [6.45, 7) is 3.89. The molecule has 0 spiro atoms. The number of nitrogens with one attached hydrogen (secondary N) is 2. The average Bonchev–Trinajstić information content (AvgIpc) is 2.79. The Hall–Kier alpha value is -1.14. The smallest absolute Gasteiger partial charge is 0.248 e. The molecule has 0 saturated heterocycles. The molecular formula is C15H15Br2N3O. The van der Waals surface area contributed by atoms with E-state index in [0.29, 0.717) is 0 Å². The van der Waals surface area contributed by atoms with E-state index in [1.54, 1.807) is 6.21 Å². The first-order valence-corrected chi connectivity index (χ1v) is 8.22. The van der Waals surface area contributed by atoms with Gasteiger partial charge < -0.3 is 4.98 Å². The highest BCUT2D eigenvalue weighted by molar-refractivity contribution is 9.25. The van der Waals surface area contributed by atoms with Crippen LogP contribution in [0, 0.1) is 12.3 Å². The summed E-state index contributed by atoms with van der Waals surface area (Å²) in [7, 11) is 0. The lowest BCUT2D eigenvalue weighted by Gasteiger charge is -2.09. The van der Waals surface area contributed by atoms with Gasteiger partial charge in [-0.1, -0.05) is 50.1 Å². The van der Waals surface area contributed by atoms with Crippen molar-refractivity contribution in [2.75, 3.05) is 0 Å². The number of aryl methyl sites for hydroxylation is 1. The number of rotatable bonds is 3. The number of nitrogens with zero attached hydrogens (tertiary/aromatic N) is 1. The van der Waals surface area contributed by atoms with Crippen molar-refractivity contribution in [1.82, 2.24) is 10.4 Å².